The van der Waals surface area contributed by atoms with Crippen molar-refractivity contribution < 1.29 is 23.5 Å². The van der Waals surface area contributed by atoms with Crippen LogP contribution in [-0.2, 0) is 16.1 Å². The fourth-order valence-electron chi connectivity index (χ4n) is 4.03. The molecule has 2 aromatic carbocycles. The molecule has 7 nitrogen and oxygen atoms in total. The van der Waals surface area contributed by atoms with E-state index in [-0.39, 0.29) is 49.5 Å². The summed E-state index contributed by atoms with van der Waals surface area (Å²) < 4.78 is 25.4. The molecular weight excluding hydrogens is 485 g/mol. The van der Waals surface area contributed by atoms with Gasteiger partial charge in [0.15, 0.2) is 0 Å². The summed E-state index contributed by atoms with van der Waals surface area (Å²) in [5.74, 6) is -0.380. The monoisotopic (exact) mass is 511 g/mol. The molecule has 0 bridgehead atoms. The van der Waals surface area contributed by atoms with E-state index in [1.54, 1.807) is 29.0 Å². The number of benzene rings is 2. The lowest BCUT2D eigenvalue weighted by Gasteiger charge is -2.42. The fraction of sp³-hybridized carbons (Fsp3) is 0.296. The van der Waals surface area contributed by atoms with E-state index in [0.717, 1.165) is 5.56 Å². The molecule has 1 fully saturated rings. The standard InChI is InChI=1S/C27H27ClFN3O4/c1-31(17-20-5-3-2-4-6-20)25(33)15-27(19-35-23-10-8-22(29)9-11-23)18-32(13-14-36-27)26(34)24-12-7-21(28)16-30-24/h2-12,16H,13-15,17-19H2,1H3/t27-/m1/s1. The Morgan fingerprint density at radius 2 is 1.89 bits per heavy atom. The summed E-state index contributed by atoms with van der Waals surface area (Å²) in [6.45, 7) is 1.13. The average molecular weight is 512 g/mol. The number of hydrogen-bond donors (Lipinski definition) is 0. The first-order chi connectivity index (χ1) is 17.3. The molecule has 0 saturated carbocycles. The predicted octanol–water partition coefficient (Wildman–Crippen LogP) is 4.21. The number of carbonyl (C=O) groups is 2. The summed E-state index contributed by atoms with van der Waals surface area (Å²) in [5, 5.41) is 0.433. The van der Waals surface area contributed by atoms with Crippen LogP contribution in [0.5, 0.6) is 5.75 Å². The average Bonchev–Trinajstić information content (AvgIpc) is 2.89. The number of pyridine rings is 1. The molecule has 0 spiro atoms. The van der Waals surface area contributed by atoms with Crippen LogP contribution in [0, 0.1) is 5.82 Å². The van der Waals surface area contributed by atoms with Crippen LogP contribution < -0.4 is 4.74 Å². The first kappa shape index (κ1) is 25.6. The van der Waals surface area contributed by atoms with Gasteiger partial charge in [0.25, 0.3) is 5.91 Å². The lowest BCUT2D eigenvalue weighted by molar-refractivity contribution is -0.152. The van der Waals surface area contributed by atoms with Crippen molar-refractivity contribution in [1.29, 1.82) is 0 Å². The van der Waals surface area contributed by atoms with Crippen LogP contribution in [0.15, 0.2) is 72.9 Å². The second kappa shape index (κ2) is 11.5. The molecule has 0 N–H and O–H groups in total. The third-order valence-electron chi connectivity index (χ3n) is 5.96. The first-order valence-electron chi connectivity index (χ1n) is 11.5. The quantitative estimate of drug-likeness (QED) is 0.453. The zero-order valence-electron chi connectivity index (χ0n) is 19.9. The summed E-state index contributed by atoms with van der Waals surface area (Å²) in [5.41, 5.74) is 0.152. The van der Waals surface area contributed by atoms with Gasteiger partial charge in [-0.25, -0.2) is 9.37 Å². The van der Waals surface area contributed by atoms with Crippen LogP contribution >= 0.6 is 11.6 Å². The minimum Gasteiger partial charge on any atom is -0.490 e. The van der Waals surface area contributed by atoms with E-state index in [4.69, 9.17) is 21.1 Å². The van der Waals surface area contributed by atoms with Crippen LogP contribution in [-0.4, -0.2) is 65.6 Å². The van der Waals surface area contributed by atoms with Gasteiger partial charge in [-0.15, -0.1) is 0 Å². The molecule has 1 aliphatic heterocycles. The lowest BCUT2D eigenvalue weighted by atomic mass is 9.96. The second-order valence-corrected chi connectivity index (χ2v) is 9.21. The van der Waals surface area contributed by atoms with Crippen LogP contribution in [0.25, 0.3) is 0 Å². The number of morpholine rings is 1. The second-order valence-electron chi connectivity index (χ2n) is 8.77. The maximum absolute atomic E-state index is 13.3. The van der Waals surface area contributed by atoms with Crippen LogP contribution in [0.2, 0.25) is 5.02 Å². The van der Waals surface area contributed by atoms with Crippen molar-refractivity contribution in [3.63, 3.8) is 0 Å². The number of amides is 2. The molecule has 36 heavy (non-hydrogen) atoms. The number of carbonyl (C=O) groups excluding carboxylic acids is 2. The van der Waals surface area contributed by atoms with Crippen molar-refractivity contribution in [3.05, 3.63) is 95.0 Å². The molecule has 1 aromatic heterocycles. The largest absolute Gasteiger partial charge is 0.490 e. The zero-order chi connectivity index (χ0) is 25.5. The zero-order valence-corrected chi connectivity index (χ0v) is 20.7. The molecule has 4 rings (SSSR count). The van der Waals surface area contributed by atoms with Crippen molar-refractivity contribution in [2.24, 2.45) is 0 Å². The van der Waals surface area contributed by atoms with Gasteiger partial charge in [0.1, 0.15) is 29.5 Å². The maximum atomic E-state index is 13.3. The molecule has 0 unspecified atom stereocenters. The molecule has 9 heteroatoms. The van der Waals surface area contributed by atoms with Gasteiger partial charge >= 0.3 is 0 Å². The Morgan fingerprint density at radius 1 is 1.14 bits per heavy atom. The van der Waals surface area contributed by atoms with Crippen LogP contribution in [0.1, 0.15) is 22.5 Å². The van der Waals surface area contributed by atoms with Gasteiger partial charge in [-0.3, -0.25) is 9.59 Å². The number of nitrogens with zero attached hydrogens (tertiary/aromatic N) is 3. The van der Waals surface area contributed by atoms with Crippen LogP contribution in [0.4, 0.5) is 4.39 Å². The summed E-state index contributed by atoms with van der Waals surface area (Å²) in [4.78, 5) is 33.8. The van der Waals surface area contributed by atoms with E-state index >= 15 is 0 Å². The summed E-state index contributed by atoms with van der Waals surface area (Å²) in [7, 11) is 1.73. The number of halogens is 2. The first-order valence-corrected chi connectivity index (χ1v) is 11.9. The molecule has 0 radical (unpaired) electrons. The van der Waals surface area contributed by atoms with E-state index < -0.39 is 5.60 Å². The van der Waals surface area contributed by atoms with E-state index in [0.29, 0.717) is 23.9 Å². The third-order valence-corrected chi connectivity index (χ3v) is 6.18. The van der Waals surface area contributed by atoms with Gasteiger partial charge in [-0.1, -0.05) is 41.9 Å². The van der Waals surface area contributed by atoms with E-state index in [9.17, 15) is 14.0 Å². The van der Waals surface area contributed by atoms with Crippen LogP contribution in [0.3, 0.4) is 0 Å². The smallest absolute Gasteiger partial charge is 0.272 e. The predicted molar refractivity (Wildman–Crippen MR) is 133 cm³/mol. The minimum atomic E-state index is -1.10. The van der Waals surface area contributed by atoms with Crippen molar-refractivity contribution >= 4 is 23.4 Å². The van der Waals surface area contributed by atoms with Gasteiger partial charge < -0.3 is 19.3 Å². The molecule has 2 heterocycles. The molecule has 188 valence electrons. The van der Waals surface area contributed by atoms with Crippen molar-refractivity contribution in [1.82, 2.24) is 14.8 Å². The van der Waals surface area contributed by atoms with Gasteiger partial charge in [0.05, 0.1) is 24.6 Å². The normalized spacial score (nSPS) is 17.5. The van der Waals surface area contributed by atoms with Gasteiger partial charge in [-0.2, -0.15) is 0 Å². The third kappa shape index (κ3) is 6.59. The molecule has 3 aromatic rings. The fourth-order valence-corrected chi connectivity index (χ4v) is 4.14. The molecule has 0 aliphatic carbocycles. The number of rotatable bonds is 8. The molecule has 1 atom stereocenters. The lowest BCUT2D eigenvalue weighted by Crippen LogP contribution is -2.58. The Kier molecular flexibility index (Phi) is 8.18. The van der Waals surface area contributed by atoms with Gasteiger partial charge in [0.2, 0.25) is 5.91 Å². The highest BCUT2D eigenvalue weighted by Gasteiger charge is 2.42. The Morgan fingerprint density at radius 3 is 2.58 bits per heavy atom. The van der Waals surface area contributed by atoms with E-state index in [2.05, 4.69) is 4.98 Å². The summed E-state index contributed by atoms with van der Waals surface area (Å²) in [6.07, 6.45) is 1.41. The molecule has 1 aliphatic rings. The SMILES string of the molecule is CN(Cc1ccccc1)C(=O)C[C@]1(COc2ccc(F)cc2)CN(C(=O)c2ccc(Cl)cn2)CCO1. The Labute approximate surface area is 214 Å². The molecular formula is C27H27ClFN3O4. The molecule has 2 amide bonds. The number of hydrogen-bond acceptors (Lipinski definition) is 5. The van der Waals surface area contributed by atoms with Crippen molar-refractivity contribution in [2.75, 3.05) is 33.4 Å². The summed E-state index contributed by atoms with van der Waals surface area (Å²) in [6, 6.07) is 18.5. The highest BCUT2D eigenvalue weighted by molar-refractivity contribution is 6.30. The van der Waals surface area contributed by atoms with Crippen molar-refractivity contribution in [2.45, 2.75) is 18.6 Å². The van der Waals surface area contributed by atoms with E-state index in [1.807, 2.05) is 30.3 Å². The Balaban J connectivity index is 1.52. The highest BCUT2D eigenvalue weighted by Crippen LogP contribution is 2.27. The van der Waals surface area contributed by atoms with Gasteiger partial charge in [-0.05, 0) is 42.0 Å². The number of ether oxygens (including phenoxy) is 2. The topological polar surface area (TPSA) is 72.0 Å². The maximum Gasteiger partial charge on any atom is 0.272 e. The van der Waals surface area contributed by atoms with E-state index in [1.165, 1.54) is 30.5 Å². The Hall–Kier alpha value is -3.49. The minimum absolute atomic E-state index is 0.00136. The van der Waals surface area contributed by atoms with Gasteiger partial charge in [0, 0.05) is 26.3 Å². The van der Waals surface area contributed by atoms with Crippen molar-refractivity contribution in [3.8, 4) is 5.75 Å². The Bertz CT molecular complexity index is 1180. The highest BCUT2D eigenvalue weighted by atomic mass is 35.5. The molecule has 1 saturated heterocycles. The summed E-state index contributed by atoms with van der Waals surface area (Å²) >= 11 is 5.91. The number of aromatic nitrogens is 1.